The first-order chi connectivity index (χ1) is 9.33. The summed E-state index contributed by atoms with van der Waals surface area (Å²) in [6.45, 7) is 0. The third kappa shape index (κ3) is 2.63. The molecule has 4 nitrogen and oxygen atoms in total. The first-order valence-electron chi connectivity index (χ1n) is 6.42. The van der Waals surface area contributed by atoms with Crippen molar-refractivity contribution in [3.8, 4) is 0 Å². The lowest BCUT2D eigenvalue weighted by Gasteiger charge is -2.10. The van der Waals surface area contributed by atoms with Crippen LogP contribution in [-0.2, 0) is 6.42 Å². The molecule has 0 bridgehead atoms. The van der Waals surface area contributed by atoms with Crippen LogP contribution < -0.4 is 5.73 Å². The molecule has 0 aliphatic rings. The van der Waals surface area contributed by atoms with Gasteiger partial charge in [-0.05, 0) is 18.1 Å². The molecule has 96 valence electrons. The summed E-state index contributed by atoms with van der Waals surface area (Å²) in [5.41, 5.74) is 9.28. The number of pyridine rings is 1. The molecule has 0 fully saturated rings. The van der Waals surface area contributed by atoms with Gasteiger partial charge >= 0.3 is 0 Å². The van der Waals surface area contributed by atoms with E-state index < -0.39 is 0 Å². The number of benzene rings is 1. The van der Waals surface area contributed by atoms with Gasteiger partial charge in [0, 0.05) is 18.7 Å². The molecule has 0 saturated heterocycles. The van der Waals surface area contributed by atoms with Crippen LogP contribution in [0.2, 0.25) is 0 Å². The molecule has 0 spiro atoms. The molecule has 0 amide bonds. The van der Waals surface area contributed by atoms with Gasteiger partial charge < -0.3 is 10.7 Å². The van der Waals surface area contributed by atoms with Crippen molar-refractivity contribution < 1.29 is 0 Å². The molecule has 0 aliphatic carbocycles. The van der Waals surface area contributed by atoms with Crippen LogP contribution in [0.3, 0.4) is 0 Å². The number of nitrogens with one attached hydrogen (secondary N) is 1. The summed E-state index contributed by atoms with van der Waals surface area (Å²) >= 11 is 0. The van der Waals surface area contributed by atoms with Crippen LogP contribution in [0.1, 0.15) is 23.9 Å². The first kappa shape index (κ1) is 11.9. The molecule has 1 unspecified atom stereocenters. The van der Waals surface area contributed by atoms with Crippen molar-refractivity contribution in [2.24, 2.45) is 5.73 Å². The lowest BCUT2D eigenvalue weighted by Crippen LogP contribution is -2.11. The molecule has 0 radical (unpaired) electrons. The Morgan fingerprint density at radius 3 is 2.79 bits per heavy atom. The molecule has 1 aromatic carbocycles. The largest absolute Gasteiger partial charge is 0.341 e. The Hall–Kier alpha value is -2.20. The molecule has 0 saturated carbocycles. The van der Waals surface area contributed by atoms with E-state index >= 15 is 0 Å². The molecule has 3 rings (SSSR count). The number of fused-ring (bicyclic) bond motifs is 1. The third-order valence-corrected chi connectivity index (χ3v) is 3.25. The number of imidazole rings is 1. The minimum Gasteiger partial charge on any atom is -0.341 e. The van der Waals surface area contributed by atoms with Gasteiger partial charge in [0.25, 0.3) is 0 Å². The number of nitrogens with zero attached hydrogens (tertiary/aromatic N) is 2. The predicted octanol–water partition coefficient (Wildman–Crippen LogP) is 2.59. The second-order valence-corrected chi connectivity index (χ2v) is 4.63. The second kappa shape index (κ2) is 5.20. The van der Waals surface area contributed by atoms with Crippen LogP contribution in [-0.4, -0.2) is 15.0 Å². The predicted molar refractivity (Wildman–Crippen MR) is 75.6 cm³/mol. The Balaban J connectivity index is 1.69. The summed E-state index contributed by atoms with van der Waals surface area (Å²) in [7, 11) is 0. The Kier molecular flexibility index (Phi) is 3.25. The highest BCUT2D eigenvalue weighted by atomic mass is 14.9. The van der Waals surface area contributed by atoms with Crippen molar-refractivity contribution in [3.63, 3.8) is 0 Å². The van der Waals surface area contributed by atoms with E-state index in [1.165, 1.54) is 5.56 Å². The number of aromatic nitrogens is 3. The monoisotopic (exact) mass is 252 g/mol. The molecule has 4 heteroatoms. The highest BCUT2D eigenvalue weighted by Gasteiger charge is 2.08. The van der Waals surface area contributed by atoms with Crippen molar-refractivity contribution in [2.45, 2.75) is 18.9 Å². The standard InChI is InChI=1S/C15H16N4/c16-12(11-4-2-1-3-5-11)6-7-15-18-13-8-9-17-10-14(13)19-15/h1-5,8-10,12H,6-7,16H2,(H,18,19). The summed E-state index contributed by atoms with van der Waals surface area (Å²) in [6.07, 6.45) is 5.26. The van der Waals surface area contributed by atoms with E-state index in [1.54, 1.807) is 12.4 Å². The zero-order chi connectivity index (χ0) is 13.1. The number of rotatable bonds is 4. The maximum atomic E-state index is 6.18. The van der Waals surface area contributed by atoms with Gasteiger partial charge in [-0.1, -0.05) is 30.3 Å². The zero-order valence-corrected chi connectivity index (χ0v) is 10.6. The quantitative estimate of drug-likeness (QED) is 0.750. The summed E-state index contributed by atoms with van der Waals surface area (Å²) in [6, 6.07) is 12.1. The fourth-order valence-electron chi connectivity index (χ4n) is 2.19. The van der Waals surface area contributed by atoms with E-state index in [0.29, 0.717) is 0 Å². The highest BCUT2D eigenvalue weighted by Crippen LogP contribution is 2.17. The lowest BCUT2D eigenvalue weighted by molar-refractivity contribution is 0.639. The maximum absolute atomic E-state index is 6.18. The van der Waals surface area contributed by atoms with Gasteiger partial charge in [0.2, 0.25) is 0 Å². The number of aromatic amines is 1. The van der Waals surface area contributed by atoms with Gasteiger partial charge in [0.15, 0.2) is 0 Å². The fraction of sp³-hybridized carbons (Fsp3) is 0.200. The van der Waals surface area contributed by atoms with Crippen molar-refractivity contribution in [2.75, 3.05) is 0 Å². The Labute approximate surface area is 111 Å². The smallest absolute Gasteiger partial charge is 0.107 e. The maximum Gasteiger partial charge on any atom is 0.107 e. The van der Waals surface area contributed by atoms with Gasteiger partial charge in [0.1, 0.15) is 5.82 Å². The minimum absolute atomic E-state index is 0.0486. The topological polar surface area (TPSA) is 67.6 Å². The van der Waals surface area contributed by atoms with E-state index in [1.807, 2.05) is 24.3 Å². The summed E-state index contributed by atoms with van der Waals surface area (Å²) in [4.78, 5) is 11.9. The molecule has 3 N–H and O–H groups in total. The van der Waals surface area contributed by atoms with E-state index in [9.17, 15) is 0 Å². The Bertz CT molecular complexity index is 627. The second-order valence-electron chi connectivity index (χ2n) is 4.63. The number of aryl methyl sites for hydroxylation is 1. The van der Waals surface area contributed by atoms with Gasteiger partial charge in [-0.3, -0.25) is 4.98 Å². The molecule has 3 aromatic rings. The van der Waals surface area contributed by atoms with Gasteiger partial charge in [-0.2, -0.15) is 0 Å². The number of hydrogen-bond acceptors (Lipinski definition) is 3. The first-order valence-corrected chi connectivity index (χ1v) is 6.42. The number of H-pyrrole nitrogens is 1. The molecule has 2 heterocycles. The minimum atomic E-state index is 0.0486. The molecule has 0 aliphatic heterocycles. The molecular formula is C15H16N4. The van der Waals surface area contributed by atoms with Crippen LogP contribution in [0.5, 0.6) is 0 Å². The lowest BCUT2D eigenvalue weighted by atomic mass is 10.0. The molecule has 2 aromatic heterocycles. The number of hydrogen-bond donors (Lipinski definition) is 2. The number of nitrogens with two attached hydrogens (primary N) is 1. The van der Waals surface area contributed by atoms with E-state index in [-0.39, 0.29) is 6.04 Å². The van der Waals surface area contributed by atoms with Crippen molar-refractivity contribution in [1.29, 1.82) is 0 Å². The van der Waals surface area contributed by atoms with Crippen LogP contribution in [0.15, 0.2) is 48.8 Å². The summed E-state index contributed by atoms with van der Waals surface area (Å²) < 4.78 is 0. The van der Waals surface area contributed by atoms with Crippen LogP contribution >= 0.6 is 0 Å². The normalized spacial score (nSPS) is 12.7. The highest BCUT2D eigenvalue weighted by molar-refractivity contribution is 5.73. The van der Waals surface area contributed by atoms with Crippen molar-refractivity contribution in [1.82, 2.24) is 15.0 Å². The van der Waals surface area contributed by atoms with E-state index in [4.69, 9.17) is 5.73 Å². The summed E-state index contributed by atoms with van der Waals surface area (Å²) in [5.74, 6) is 0.967. The van der Waals surface area contributed by atoms with Crippen molar-refractivity contribution in [3.05, 3.63) is 60.2 Å². The Morgan fingerprint density at radius 2 is 2.00 bits per heavy atom. The molecule has 1 atom stereocenters. The van der Waals surface area contributed by atoms with Crippen LogP contribution in [0.4, 0.5) is 0 Å². The van der Waals surface area contributed by atoms with E-state index in [2.05, 4.69) is 27.1 Å². The van der Waals surface area contributed by atoms with Gasteiger partial charge in [-0.25, -0.2) is 4.98 Å². The average Bonchev–Trinajstić information content (AvgIpc) is 2.88. The van der Waals surface area contributed by atoms with Gasteiger partial charge in [0.05, 0.1) is 17.2 Å². The van der Waals surface area contributed by atoms with Crippen LogP contribution in [0.25, 0.3) is 11.0 Å². The molecule has 19 heavy (non-hydrogen) atoms. The van der Waals surface area contributed by atoms with E-state index in [0.717, 1.165) is 29.7 Å². The zero-order valence-electron chi connectivity index (χ0n) is 10.6. The van der Waals surface area contributed by atoms with Crippen molar-refractivity contribution >= 4 is 11.0 Å². The van der Waals surface area contributed by atoms with Crippen LogP contribution in [0, 0.1) is 0 Å². The summed E-state index contributed by atoms with van der Waals surface area (Å²) in [5, 5.41) is 0. The SMILES string of the molecule is NC(CCc1nc2ccncc2[nH]1)c1ccccc1. The average molecular weight is 252 g/mol. The molecular weight excluding hydrogens is 236 g/mol. The Morgan fingerprint density at radius 1 is 1.16 bits per heavy atom. The third-order valence-electron chi connectivity index (χ3n) is 3.25. The van der Waals surface area contributed by atoms with Gasteiger partial charge in [-0.15, -0.1) is 0 Å². The fourth-order valence-corrected chi connectivity index (χ4v) is 2.19.